The van der Waals surface area contributed by atoms with Gasteiger partial charge in [0.05, 0.1) is 13.2 Å². The molecule has 1 aliphatic rings. The summed E-state index contributed by atoms with van der Waals surface area (Å²) in [4.78, 5) is 0. The molecule has 0 heterocycles. The Bertz CT molecular complexity index is 338. The number of nitrogens with two attached hydrogens (primary N) is 1. The first-order valence-electron chi connectivity index (χ1n) is 5.40. The lowest BCUT2D eigenvalue weighted by Crippen LogP contribution is -2.11. The second-order valence-corrected chi connectivity index (χ2v) is 3.93. The normalized spacial score (nSPS) is 15.6. The van der Waals surface area contributed by atoms with Crippen LogP contribution in [0.2, 0.25) is 0 Å². The van der Waals surface area contributed by atoms with Crippen LogP contribution in [0.4, 0.5) is 5.69 Å². The molecule has 0 amide bonds. The van der Waals surface area contributed by atoms with E-state index in [4.69, 9.17) is 15.2 Å². The number of nitrogen functional groups attached to an aromatic ring is 1. The highest BCUT2D eigenvalue weighted by Gasteiger charge is 2.18. The van der Waals surface area contributed by atoms with Crippen LogP contribution in [-0.2, 0) is 0 Å². The number of hydrogen-bond acceptors (Lipinski definition) is 3. The lowest BCUT2D eigenvalue weighted by atomic mass is 10.2. The first kappa shape index (κ1) is 13.0. The minimum Gasteiger partial charge on any atom is -0.493 e. The molecule has 0 spiro atoms. The Hall–Kier alpha value is -1.09. The van der Waals surface area contributed by atoms with Gasteiger partial charge in [-0.05, 0) is 37.8 Å². The Kier molecular flexibility index (Phi) is 4.74. The number of hydrogen-bond donors (Lipinski definition) is 1. The predicted molar refractivity (Wildman–Crippen MR) is 67.5 cm³/mol. The van der Waals surface area contributed by atoms with E-state index in [0.29, 0.717) is 11.8 Å². The Morgan fingerprint density at radius 1 is 1.19 bits per heavy atom. The van der Waals surface area contributed by atoms with E-state index in [-0.39, 0.29) is 12.4 Å². The molecular weight excluding hydrogens is 226 g/mol. The minimum absolute atomic E-state index is 0. The summed E-state index contributed by atoms with van der Waals surface area (Å²) in [6, 6.07) is 5.50. The van der Waals surface area contributed by atoms with Crippen LogP contribution in [0.3, 0.4) is 0 Å². The third kappa shape index (κ3) is 2.95. The van der Waals surface area contributed by atoms with Gasteiger partial charge in [-0.25, -0.2) is 0 Å². The van der Waals surface area contributed by atoms with Gasteiger partial charge in [-0.3, -0.25) is 0 Å². The number of methoxy groups -OCH3 is 1. The Morgan fingerprint density at radius 3 is 2.50 bits per heavy atom. The topological polar surface area (TPSA) is 44.5 Å². The molecule has 1 aromatic carbocycles. The summed E-state index contributed by atoms with van der Waals surface area (Å²) in [5.74, 6) is 1.53. The molecule has 2 N–H and O–H groups in total. The molecule has 0 bridgehead atoms. The molecule has 0 radical (unpaired) electrons. The van der Waals surface area contributed by atoms with Crippen molar-refractivity contribution in [2.24, 2.45) is 0 Å². The highest BCUT2D eigenvalue weighted by Crippen LogP contribution is 2.32. The lowest BCUT2D eigenvalue weighted by Gasteiger charge is -2.16. The molecule has 16 heavy (non-hydrogen) atoms. The van der Waals surface area contributed by atoms with Gasteiger partial charge in [-0.15, -0.1) is 12.4 Å². The maximum Gasteiger partial charge on any atom is 0.163 e. The predicted octanol–water partition coefficient (Wildman–Crippen LogP) is 3.02. The highest BCUT2D eigenvalue weighted by molar-refractivity contribution is 5.85. The van der Waals surface area contributed by atoms with Crippen LogP contribution in [0, 0.1) is 0 Å². The highest BCUT2D eigenvalue weighted by atomic mass is 35.5. The fourth-order valence-electron chi connectivity index (χ4n) is 1.97. The van der Waals surface area contributed by atoms with Gasteiger partial charge in [0, 0.05) is 11.8 Å². The molecule has 1 aromatic rings. The summed E-state index contributed by atoms with van der Waals surface area (Å²) in [6.07, 6.45) is 5.13. The first-order valence-corrected chi connectivity index (χ1v) is 5.40. The average molecular weight is 244 g/mol. The Labute approximate surface area is 102 Å². The number of anilines is 1. The largest absolute Gasteiger partial charge is 0.493 e. The van der Waals surface area contributed by atoms with Crippen LogP contribution in [-0.4, -0.2) is 13.2 Å². The van der Waals surface area contributed by atoms with E-state index < -0.39 is 0 Å². The third-order valence-electron chi connectivity index (χ3n) is 2.78. The zero-order chi connectivity index (χ0) is 10.7. The van der Waals surface area contributed by atoms with Crippen LogP contribution < -0.4 is 15.2 Å². The first-order chi connectivity index (χ1) is 7.29. The molecule has 0 unspecified atom stereocenters. The van der Waals surface area contributed by atoms with Crippen LogP contribution in [0.1, 0.15) is 25.7 Å². The van der Waals surface area contributed by atoms with E-state index in [1.54, 1.807) is 7.11 Å². The van der Waals surface area contributed by atoms with Gasteiger partial charge in [0.2, 0.25) is 0 Å². The molecule has 0 atom stereocenters. The molecule has 0 aliphatic heterocycles. The van der Waals surface area contributed by atoms with Gasteiger partial charge in [0.25, 0.3) is 0 Å². The van der Waals surface area contributed by atoms with Crippen LogP contribution in [0.25, 0.3) is 0 Å². The van der Waals surface area contributed by atoms with E-state index in [0.717, 1.165) is 24.3 Å². The molecular formula is C12H18ClNO2. The SMILES string of the molecule is COc1ccc(N)cc1OC1CCCC1.Cl. The van der Waals surface area contributed by atoms with Crippen molar-refractivity contribution in [2.45, 2.75) is 31.8 Å². The van der Waals surface area contributed by atoms with Crippen molar-refractivity contribution in [3.05, 3.63) is 18.2 Å². The van der Waals surface area contributed by atoms with E-state index >= 15 is 0 Å². The van der Waals surface area contributed by atoms with Crippen molar-refractivity contribution >= 4 is 18.1 Å². The van der Waals surface area contributed by atoms with Gasteiger partial charge in [-0.2, -0.15) is 0 Å². The van der Waals surface area contributed by atoms with Crippen molar-refractivity contribution in [3.63, 3.8) is 0 Å². The summed E-state index contributed by atoms with van der Waals surface area (Å²) in [6.45, 7) is 0. The van der Waals surface area contributed by atoms with Crippen molar-refractivity contribution in [1.82, 2.24) is 0 Å². The fraction of sp³-hybridized carbons (Fsp3) is 0.500. The molecule has 1 saturated carbocycles. The van der Waals surface area contributed by atoms with Crippen molar-refractivity contribution in [1.29, 1.82) is 0 Å². The van der Waals surface area contributed by atoms with Crippen molar-refractivity contribution in [2.75, 3.05) is 12.8 Å². The molecule has 90 valence electrons. The molecule has 0 aromatic heterocycles. The van der Waals surface area contributed by atoms with Crippen LogP contribution in [0.15, 0.2) is 18.2 Å². The molecule has 1 fully saturated rings. The zero-order valence-corrected chi connectivity index (χ0v) is 10.3. The molecule has 4 heteroatoms. The maximum absolute atomic E-state index is 5.87. The van der Waals surface area contributed by atoms with E-state index in [1.807, 2.05) is 18.2 Å². The fourth-order valence-corrected chi connectivity index (χ4v) is 1.97. The Morgan fingerprint density at radius 2 is 1.88 bits per heavy atom. The second-order valence-electron chi connectivity index (χ2n) is 3.93. The van der Waals surface area contributed by atoms with Gasteiger partial charge >= 0.3 is 0 Å². The Balaban J connectivity index is 0.00000128. The molecule has 1 aliphatic carbocycles. The number of rotatable bonds is 3. The third-order valence-corrected chi connectivity index (χ3v) is 2.78. The number of ether oxygens (including phenoxy) is 2. The van der Waals surface area contributed by atoms with Crippen LogP contribution in [0.5, 0.6) is 11.5 Å². The maximum atomic E-state index is 5.87. The number of halogens is 1. The van der Waals surface area contributed by atoms with Crippen molar-refractivity contribution < 1.29 is 9.47 Å². The standard InChI is InChI=1S/C12H17NO2.ClH/c1-14-11-7-6-9(13)8-12(11)15-10-4-2-3-5-10;/h6-8,10H,2-5,13H2,1H3;1H. The van der Waals surface area contributed by atoms with E-state index in [2.05, 4.69) is 0 Å². The van der Waals surface area contributed by atoms with Gasteiger partial charge in [-0.1, -0.05) is 0 Å². The molecule has 0 saturated heterocycles. The van der Waals surface area contributed by atoms with E-state index in [9.17, 15) is 0 Å². The quantitative estimate of drug-likeness (QED) is 0.830. The number of benzene rings is 1. The van der Waals surface area contributed by atoms with Crippen molar-refractivity contribution in [3.8, 4) is 11.5 Å². The second kappa shape index (κ2) is 5.85. The lowest BCUT2D eigenvalue weighted by molar-refractivity contribution is 0.201. The van der Waals surface area contributed by atoms with Gasteiger partial charge < -0.3 is 15.2 Å². The molecule has 3 nitrogen and oxygen atoms in total. The summed E-state index contributed by atoms with van der Waals surface area (Å²) < 4.78 is 11.1. The van der Waals surface area contributed by atoms with Gasteiger partial charge in [0.15, 0.2) is 11.5 Å². The zero-order valence-electron chi connectivity index (χ0n) is 9.44. The monoisotopic (exact) mass is 243 g/mol. The van der Waals surface area contributed by atoms with Gasteiger partial charge in [0.1, 0.15) is 0 Å². The molecule has 2 rings (SSSR count). The minimum atomic E-state index is 0. The van der Waals surface area contributed by atoms with E-state index in [1.165, 1.54) is 12.8 Å². The smallest absolute Gasteiger partial charge is 0.163 e. The van der Waals surface area contributed by atoms with Crippen LogP contribution >= 0.6 is 12.4 Å². The summed E-state index contributed by atoms with van der Waals surface area (Å²) in [7, 11) is 1.65. The average Bonchev–Trinajstić information content (AvgIpc) is 2.71. The summed E-state index contributed by atoms with van der Waals surface area (Å²) in [5, 5.41) is 0. The summed E-state index contributed by atoms with van der Waals surface area (Å²) >= 11 is 0. The summed E-state index contributed by atoms with van der Waals surface area (Å²) in [5.41, 5.74) is 6.43.